The van der Waals surface area contributed by atoms with E-state index >= 15 is 0 Å². The molecule has 0 unspecified atom stereocenters. The van der Waals surface area contributed by atoms with Gasteiger partial charge in [0, 0.05) is 25.9 Å². The molecule has 0 bridgehead atoms. The van der Waals surface area contributed by atoms with Gasteiger partial charge in [-0.3, -0.25) is 4.79 Å². The van der Waals surface area contributed by atoms with Crippen LogP contribution in [-0.2, 0) is 11.2 Å². The Balaban J connectivity index is 1.50. The molecule has 0 spiro atoms. The zero-order valence-electron chi connectivity index (χ0n) is 14.2. The number of ether oxygens (including phenoxy) is 1. The van der Waals surface area contributed by atoms with E-state index in [-0.39, 0.29) is 24.0 Å². The lowest BCUT2D eigenvalue weighted by Crippen LogP contribution is -2.42. The first-order valence-corrected chi connectivity index (χ1v) is 8.92. The predicted molar refractivity (Wildman–Crippen MR) is 98.8 cm³/mol. The monoisotopic (exact) mass is 373 g/mol. The van der Waals surface area contributed by atoms with Gasteiger partial charge in [-0.15, -0.1) is 0 Å². The lowest BCUT2D eigenvalue weighted by molar-refractivity contribution is -0.132. The zero-order valence-corrected chi connectivity index (χ0v) is 15.0. The molecule has 0 saturated carbocycles. The van der Waals surface area contributed by atoms with E-state index in [1.54, 1.807) is 18.2 Å². The van der Waals surface area contributed by atoms with Gasteiger partial charge in [-0.2, -0.15) is 0 Å². The highest BCUT2D eigenvalue weighted by molar-refractivity contribution is 6.32. The Hall–Kier alpha value is -2.53. The Morgan fingerprint density at radius 2 is 1.73 bits per heavy atom. The van der Waals surface area contributed by atoms with Crippen LogP contribution in [0.3, 0.4) is 0 Å². The van der Waals surface area contributed by atoms with Gasteiger partial charge in [-0.05, 0) is 29.8 Å². The van der Waals surface area contributed by atoms with Crippen LogP contribution >= 0.6 is 11.6 Å². The molecule has 1 N–H and O–H groups in total. The van der Waals surface area contributed by atoms with Crippen LogP contribution in [0.2, 0.25) is 5.02 Å². The van der Waals surface area contributed by atoms with Gasteiger partial charge < -0.3 is 14.7 Å². The fourth-order valence-electron chi connectivity index (χ4n) is 2.99. The number of para-hydroxylation sites is 1. The molecule has 5 nitrogen and oxygen atoms in total. The van der Waals surface area contributed by atoms with E-state index in [1.165, 1.54) is 12.1 Å². The van der Waals surface area contributed by atoms with Crippen LogP contribution in [-0.4, -0.2) is 41.1 Å². The number of rotatable bonds is 5. The molecule has 1 aliphatic heterocycles. The van der Waals surface area contributed by atoms with Crippen molar-refractivity contribution in [3.63, 3.8) is 0 Å². The minimum atomic E-state index is -0.969. The fraction of sp³-hybridized carbons (Fsp3) is 0.300. The second-order valence-electron chi connectivity index (χ2n) is 6.31. The smallest absolute Gasteiger partial charge is 0.335 e. The number of carboxylic acid groups (broad SMARTS) is 1. The maximum atomic E-state index is 12.5. The molecule has 1 fully saturated rings. The first kappa shape index (κ1) is 18.3. The third-order valence-electron chi connectivity index (χ3n) is 4.48. The van der Waals surface area contributed by atoms with Crippen molar-refractivity contribution in [2.75, 3.05) is 13.1 Å². The molecule has 1 amide bonds. The average Bonchev–Trinajstić information content (AvgIpc) is 2.64. The number of benzene rings is 2. The Morgan fingerprint density at radius 1 is 1.08 bits per heavy atom. The second kappa shape index (κ2) is 8.23. The lowest BCUT2D eigenvalue weighted by Gasteiger charge is -2.32. The highest BCUT2D eigenvalue weighted by Crippen LogP contribution is 2.26. The van der Waals surface area contributed by atoms with Crippen molar-refractivity contribution < 1.29 is 19.4 Å². The highest BCUT2D eigenvalue weighted by atomic mass is 35.5. The Kier molecular flexibility index (Phi) is 5.78. The number of carbonyl (C=O) groups excluding carboxylic acids is 1. The van der Waals surface area contributed by atoms with Crippen LogP contribution in [0.5, 0.6) is 5.75 Å². The fourth-order valence-corrected chi connectivity index (χ4v) is 3.17. The summed E-state index contributed by atoms with van der Waals surface area (Å²) in [5.74, 6) is -0.245. The van der Waals surface area contributed by atoms with E-state index < -0.39 is 5.97 Å². The van der Waals surface area contributed by atoms with Crippen LogP contribution in [0.1, 0.15) is 28.8 Å². The molecular weight excluding hydrogens is 354 g/mol. The summed E-state index contributed by atoms with van der Waals surface area (Å²) < 4.78 is 5.94. The SMILES string of the molecule is O=C(O)c1ccc(CC(=O)N2CCC(Oc3ccccc3Cl)CC2)cc1. The Labute approximate surface area is 157 Å². The second-order valence-corrected chi connectivity index (χ2v) is 6.71. The summed E-state index contributed by atoms with van der Waals surface area (Å²) >= 11 is 6.12. The van der Waals surface area contributed by atoms with Gasteiger partial charge in [-0.25, -0.2) is 4.79 Å². The summed E-state index contributed by atoms with van der Waals surface area (Å²) in [6.45, 7) is 1.28. The van der Waals surface area contributed by atoms with E-state index in [0.717, 1.165) is 18.4 Å². The molecule has 0 aliphatic carbocycles. The van der Waals surface area contributed by atoms with Crippen LogP contribution in [0, 0.1) is 0 Å². The maximum absolute atomic E-state index is 12.5. The minimum absolute atomic E-state index is 0.0456. The summed E-state index contributed by atoms with van der Waals surface area (Å²) in [4.78, 5) is 25.2. The molecule has 0 atom stereocenters. The van der Waals surface area contributed by atoms with Gasteiger partial charge in [0.15, 0.2) is 0 Å². The van der Waals surface area contributed by atoms with Crippen molar-refractivity contribution in [2.45, 2.75) is 25.4 Å². The summed E-state index contributed by atoms with van der Waals surface area (Å²) in [5, 5.41) is 9.51. The van der Waals surface area contributed by atoms with Crippen LogP contribution < -0.4 is 4.74 Å². The van der Waals surface area contributed by atoms with E-state index in [2.05, 4.69) is 0 Å². The number of halogens is 1. The van der Waals surface area contributed by atoms with E-state index in [0.29, 0.717) is 23.9 Å². The van der Waals surface area contributed by atoms with Crippen molar-refractivity contribution in [2.24, 2.45) is 0 Å². The third kappa shape index (κ3) is 4.55. The third-order valence-corrected chi connectivity index (χ3v) is 4.79. The van der Waals surface area contributed by atoms with Crippen LogP contribution in [0.15, 0.2) is 48.5 Å². The molecule has 136 valence electrons. The molecule has 3 rings (SSSR count). The standard InChI is InChI=1S/C20H20ClNO4/c21-17-3-1-2-4-18(17)26-16-9-11-22(12-10-16)19(23)13-14-5-7-15(8-6-14)20(24)25/h1-8,16H,9-13H2,(H,24,25). The van der Waals surface area contributed by atoms with Gasteiger partial charge >= 0.3 is 5.97 Å². The number of amides is 1. The molecule has 0 radical (unpaired) electrons. The molecule has 2 aromatic carbocycles. The van der Waals surface area contributed by atoms with Crippen molar-refractivity contribution in [3.8, 4) is 5.75 Å². The molecule has 1 saturated heterocycles. The van der Waals surface area contributed by atoms with Crippen molar-refractivity contribution in [1.29, 1.82) is 0 Å². The van der Waals surface area contributed by atoms with E-state index in [4.69, 9.17) is 21.4 Å². The lowest BCUT2D eigenvalue weighted by atomic mass is 10.0. The van der Waals surface area contributed by atoms with Gasteiger partial charge in [-0.1, -0.05) is 35.9 Å². The molecule has 0 aromatic heterocycles. The van der Waals surface area contributed by atoms with Gasteiger partial charge in [0.1, 0.15) is 11.9 Å². The molecular formula is C20H20ClNO4. The van der Waals surface area contributed by atoms with Crippen molar-refractivity contribution >= 4 is 23.5 Å². The first-order chi connectivity index (χ1) is 12.5. The van der Waals surface area contributed by atoms with Gasteiger partial charge in [0.25, 0.3) is 0 Å². The molecule has 1 heterocycles. The van der Waals surface area contributed by atoms with E-state index in [1.807, 2.05) is 23.1 Å². The van der Waals surface area contributed by atoms with Gasteiger partial charge in [0.2, 0.25) is 5.91 Å². The number of likely N-dealkylation sites (tertiary alicyclic amines) is 1. The predicted octanol–water partition coefficient (Wildman–Crippen LogP) is 3.65. The van der Waals surface area contributed by atoms with E-state index in [9.17, 15) is 9.59 Å². The number of hydrogen-bond donors (Lipinski definition) is 1. The first-order valence-electron chi connectivity index (χ1n) is 8.54. The number of aromatic carboxylic acids is 1. The quantitative estimate of drug-likeness (QED) is 0.868. The molecule has 26 heavy (non-hydrogen) atoms. The Bertz CT molecular complexity index is 783. The summed E-state index contributed by atoms with van der Waals surface area (Å²) in [7, 11) is 0. The van der Waals surface area contributed by atoms with Crippen molar-refractivity contribution in [1.82, 2.24) is 4.90 Å². The molecule has 6 heteroatoms. The summed E-state index contributed by atoms with van der Waals surface area (Å²) in [5.41, 5.74) is 1.04. The molecule has 2 aromatic rings. The van der Waals surface area contributed by atoms with Crippen molar-refractivity contribution in [3.05, 3.63) is 64.7 Å². The number of piperidine rings is 1. The summed E-state index contributed by atoms with van der Waals surface area (Å²) in [6, 6.07) is 13.8. The topological polar surface area (TPSA) is 66.8 Å². The number of nitrogens with zero attached hydrogens (tertiary/aromatic N) is 1. The van der Waals surface area contributed by atoms with Crippen LogP contribution in [0.4, 0.5) is 0 Å². The Morgan fingerprint density at radius 3 is 2.35 bits per heavy atom. The highest BCUT2D eigenvalue weighted by Gasteiger charge is 2.24. The number of carbonyl (C=O) groups is 2. The largest absolute Gasteiger partial charge is 0.489 e. The van der Waals surface area contributed by atoms with Crippen LogP contribution in [0.25, 0.3) is 0 Å². The van der Waals surface area contributed by atoms with Gasteiger partial charge in [0.05, 0.1) is 17.0 Å². The maximum Gasteiger partial charge on any atom is 0.335 e. The zero-order chi connectivity index (χ0) is 18.5. The molecule has 1 aliphatic rings. The average molecular weight is 374 g/mol. The summed E-state index contributed by atoms with van der Waals surface area (Å²) in [6.07, 6.45) is 1.84. The number of hydrogen-bond acceptors (Lipinski definition) is 3. The normalized spacial score (nSPS) is 14.9. The minimum Gasteiger partial charge on any atom is -0.489 e. The number of carboxylic acids is 1.